The Kier molecular flexibility index (Phi) is 5.11. The lowest BCUT2D eigenvalue weighted by molar-refractivity contribution is 0.144. The summed E-state index contributed by atoms with van der Waals surface area (Å²) < 4.78 is 15.9. The topological polar surface area (TPSA) is 39.7 Å². The van der Waals surface area contributed by atoms with Crippen LogP contribution in [0.15, 0.2) is 12.1 Å². The van der Waals surface area contributed by atoms with Crippen LogP contribution >= 0.6 is 11.6 Å². The van der Waals surface area contributed by atoms with Crippen LogP contribution in [0, 0.1) is 0 Å². The van der Waals surface area contributed by atoms with Gasteiger partial charge in [-0.05, 0) is 37.6 Å². The Balaban J connectivity index is 1.78. The Morgan fingerprint density at radius 3 is 3.11 bits per heavy atom. The summed E-state index contributed by atoms with van der Waals surface area (Å²) in [5, 5.41) is 3.95. The maximum absolute atomic E-state index is 6.10. The summed E-state index contributed by atoms with van der Waals surface area (Å²) in [6, 6.07) is 3.87. The molecule has 1 aromatic carbocycles. The number of ether oxygens (including phenoxy) is 3. The largest absolute Gasteiger partial charge is 0.454 e. The third-order valence-corrected chi connectivity index (χ3v) is 2.94. The summed E-state index contributed by atoms with van der Waals surface area (Å²) in [5.41, 5.74) is 1.10. The third-order valence-electron chi connectivity index (χ3n) is 2.66. The molecule has 1 aromatic rings. The fourth-order valence-electron chi connectivity index (χ4n) is 1.80. The molecule has 0 aromatic heterocycles. The number of hydrogen-bond donors (Lipinski definition) is 1. The molecule has 0 fully saturated rings. The van der Waals surface area contributed by atoms with Gasteiger partial charge >= 0.3 is 0 Å². The Bertz CT molecular complexity index is 398. The van der Waals surface area contributed by atoms with Gasteiger partial charge < -0.3 is 19.5 Å². The van der Waals surface area contributed by atoms with Crippen LogP contribution in [0.25, 0.3) is 0 Å². The van der Waals surface area contributed by atoms with Gasteiger partial charge in [-0.1, -0.05) is 11.6 Å². The molecular formula is C13H18ClNO3. The molecule has 1 heterocycles. The van der Waals surface area contributed by atoms with E-state index in [4.69, 9.17) is 25.8 Å². The second-order valence-corrected chi connectivity index (χ2v) is 4.45. The third kappa shape index (κ3) is 3.51. The number of nitrogens with one attached hydrogen (secondary N) is 1. The van der Waals surface area contributed by atoms with E-state index in [1.54, 1.807) is 0 Å². The lowest BCUT2D eigenvalue weighted by Crippen LogP contribution is -2.16. The maximum Gasteiger partial charge on any atom is 0.231 e. The minimum atomic E-state index is 0.250. The van der Waals surface area contributed by atoms with Crippen molar-refractivity contribution in [1.29, 1.82) is 0 Å². The second kappa shape index (κ2) is 6.83. The first kappa shape index (κ1) is 13.5. The number of benzene rings is 1. The van der Waals surface area contributed by atoms with E-state index >= 15 is 0 Å². The highest BCUT2D eigenvalue weighted by Crippen LogP contribution is 2.39. The molecule has 2 rings (SSSR count). The highest BCUT2D eigenvalue weighted by molar-refractivity contribution is 6.32. The van der Waals surface area contributed by atoms with Crippen LogP contribution in [-0.2, 0) is 11.3 Å². The van der Waals surface area contributed by atoms with Crippen molar-refractivity contribution in [2.24, 2.45) is 0 Å². The standard InChI is InChI=1S/C13H18ClNO3/c1-2-16-5-3-4-15-8-10-6-11(14)13-12(7-10)17-9-18-13/h6-7,15H,2-5,8-9H2,1H3. The van der Waals surface area contributed by atoms with E-state index in [9.17, 15) is 0 Å². The van der Waals surface area contributed by atoms with Gasteiger partial charge in [-0.3, -0.25) is 0 Å². The Morgan fingerprint density at radius 2 is 2.28 bits per heavy atom. The zero-order valence-corrected chi connectivity index (χ0v) is 11.3. The van der Waals surface area contributed by atoms with Crippen molar-refractivity contribution >= 4 is 11.6 Å². The summed E-state index contributed by atoms with van der Waals surface area (Å²) in [5.74, 6) is 1.38. The zero-order valence-electron chi connectivity index (χ0n) is 10.5. The molecule has 18 heavy (non-hydrogen) atoms. The molecule has 1 N–H and O–H groups in total. The van der Waals surface area contributed by atoms with E-state index in [0.717, 1.165) is 44.0 Å². The van der Waals surface area contributed by atoms with E-state index < -0.39 is 0 Å². The van der Waals surface area contributed by atoms with Crippen LogP contribution in [0.3, 0.4) is 0 Å². The van der Waals surface area contributed by atoms with Crippen LogP contribution in [-0.4, -0.2) is 26.6 Å². The lowest BCUT2D eigenvalue weighted by Gasteiger charge is -2.07. The van der Waals surface area contributed by atoms with Gasteiger partial charge in [0.15, 0.2) is 11.5 Å². The van der Waals surface area contributed by atoms with Crippen molar-refractivity contribution in [1.82, 2.24) is 5.32 Å². The quantitative estimate of drug-likeness (QED) is 0.774. The first-order valence-electron chi connectivity index (χ1n) is 6.17. The van der Waals surface area contributed by atoms with Crippen LogP contribution in [0.5, 0.6) is 11.5 Å². The van der Waals surface area contributed by atoms with E-state index in [0.29, 0.717) is 10.8 Å². The molecule has 0 unspecified atom stereocenters. The van der Waals surface area contributed by atoms with E-state index in [1.165, 1.54) is 0 Å². The predicted octanol–water partition coefficient (Wildman–Crippen LogP) is 2.58. The molecule has 0 saturated carbocycles. The van der Waals surface area contributed by atoms with Crippen molar-refractivity contribution in [2.75, 3.05) is 26.6 Å². The first-order chi connectivity index (χ1) is 8.81. The minimum absolute atomic E-state index is 0.250. The van der Waals surface area contributed by atoms with Gasteiger partial charge in [0, 0.05) is 19.8 Å². The van der Waals surface area contributed by atoms with Crippen molar-refractivity contribution in [2.45, 2.75) is 19.9 Å². The van der Waals surface area contributed by atoms with Gasteiger partial charge in [0.25, 0.3) is 0 Å². The van der Waals surface area contributed by atoms with Crippen molar-refractivity contribution in [3.05, 3.63) is 22.7 Å². The fraction of sp³-hybridized carbons (Fsp3) is 0.538. The molecule has 0 bridgehead atoms. The molecule has 0 aliphatic carbocycles. The molecule has 1 aliphatic rings. The Labute approximate surface area is 112 Å². The highest BCUT2D eigenvalue weighted by Gasteiger charge is 2.17. The number of hydrogen-bond acceptors (Lipinski definition) is 4. The van der Waals surface area contributed by atoms with Crippen molar-refractivity contribution < 1.29 is 14.2 Å². The molecule has 1 aliphatic heterocycles. The average molecular weight is 272 g/mol. The zero-order chi connectivity index (χ0) is 12.8. The molecule has 100 valence electrons. The minimum Gasteiger partial charge on any atom is -0.454 e. The summed E-state index contributed by atoms with van der Waals surface area (Å²) >= 11 is 6.10. The predicted molar refractivity (Wildman–Crippen MR) is 70.4 cm³/mol. The molecule has 0 radical (unpaired) electrons. The summed E-state index contributed by atoms with van der Waals surface area (Å²) in [4.78, 5) is 0. The normalized spacial score (nSPS) is 13.0. The summed E-state index contributed by atoms with van der Waals surface area (Å²) in [6.07, 6.45) is 1.01. The van der Waals surface area contributed by atoms with Gasteiger partial charge in [-0.25, -0.2) is 0 Å². The Hall–Kier alpha value is -0.970. The van der Waals surface area contributed by atoms with Crippen LogP contribution < -0.4 is 14.8 Å². The molecule has 4 nitrogen and oxygen atoms in total. The van der Waals surface area contributed by atoms with Crippen molar-refractivity contribution in [3.8, 4) is 11.5 Å². The van der Waals surface area contributed by atoms with Crippen LogP contribution in [0.4, 0.5) is 0 Å². The molecule has 5 heteroatoms. The fourth-order valence-corrected chi connectivity index (χ4v) is 2.09. The highest BCUT2D eigenvalue weighted by atomic mass is 35.5. The number of halogens is 1. The van der Waals surface area contributed by atoms with Gasteiger partial charge in [-0.2, -0.15) is 0 Å². The average Bonchev–Trinajstić information content (AvgIpc) is 2.82. The van der Waals surface area contributed by atoms with Crippen LogP contribution in [0.2, 0.25) is 5.02 Å². The number of rotatable bonds is 7. The van der Waals surface area contributed by atoms with Crippen LogP contribution in [0.1, 0.15) is 18.9 Å². The number of fused-ring (bicyclic) bond motifs is 1. The summed E-state index contributed by atoms with van der Waals surface area (Å²) in [6.45, 7) is 5.51. The Morgan fingerprint density at radius 1 is 1.39 bits per heavy atom. The maximum atomic E-state index is 6.10. The SMILES string of the molecule is CCOCCCNCc1cc(Cl)c2c(c1)OCO2. The van der Waals surface area contributed by atoms with E-state index in [-0.39, 0.29) is 6.79 Å². The molecule has 0 amide bonds. The van der Waals surface area contributed by atoms with E-state index in [2.05, 4.69) is 5.32 Å². The van der Waals surface area contributed by atoms with Gasteiger partial charge in [0.05, 0.1) is 5.02 Å². The smallest absolute Gasteiger partial charge is 0.231 e. The molecule has 0 atom stereocenters. The monoisotopic (exact) mass is 271 g/mol. The second-order valence-electron chi connectivity index (χ2n) is 4.04. The van der Waals surface area contributed by atoms with Gasteiger partial charge in [0.2, 0.25) is 6.79 Å². The molecular weight excluding hydrogens is 254 g/mol. The van der Waals surface area contributed by atoms with Crippen molar-refractivity contribution in [3.63, 3.8) is 0 Å². The van der Waals surface area contributed by atoms with Gasteiger partial charge in [-0.15, -0.1) is 0 Å². The first-order valence-corrected chi connectivity index (χ1v) is 6.55. The van der Waals surface area contributed by atoms with E-state index in [1.807, 2.05) is 19.1 Å². The molecule has 0 saturated heterocycles. The molecule has 0 spiro atoms. The summed E-state index contributed by atoms with van der Waals surface area (Å²) in [7, 11) is 0. The van der Waals surface area contributed by atoms with Gasteiger partial charge in [0.1, 0.15) is 0 Å². The lowest BCUT2D eigenvalue weighted by atomic mass is 10.2.